The van der Waals surface area contributed by atoms with Crippen molar-refractivity contribution in [3.8, 4) is 10.6 Å². The summed E-state index contributed by atoms with van der Waals surface area (Å²) in [6.07, 6.45) is 2.49. The van der Waals surface area contributed by atoms with Crippen molar-refractivity contribution in [3.63, 3.8) is 0 Å². The minimum atomic E-state index is -0.166. The third-order valence-electron chi connectivity index (χ3n) is 4.25. The molecule has 2 aromatic carbocycles. The number of hydrogen-bond acceptors (Lipinski definition) is 6. The number of amides is 1. The van der Waals surface area contributed by atoms with Crippen molar-refractivity contribution in [3.05, 3.63) is 60.2 Å². The number of carbonyl (C=O) groups is 1. The minimum absolute atomic E-state index is 0.166. The van der Waals surface area contributed by atoms with Crippen LogP contribution in [0.15, 0.2) is 59.5 Å². The number of thioether (sulfide) groups is 1. The summed E-state index contributed by atoms with van der Waals surface area (Å²) in [6.45, 7) is 0.841. The predicted molar refractivity (Wildman–Crippen MR) is 109 cm³/mol. The normalized spacial score (nSPS) is 16.4. The molecule has 2 heterocycles. The highest BCUT2D eigenvalue weighted by molar-refractivity contribution is 7.99. The van der Waals surface area contributed by atoms with E-state index in [0.29, 0.717) is 10.7 Å². The van der Waals surface area contributed by atoms with Crippen LogP contribution in [-0.2, 0) is 4.74 Å². The molecule has 1 unspecified atom stereocenters. The van der Waals surface area contributed by atoms with Gasteiger partial charge in [-0.05, 0) is 25.0 Å². The largest absolute Gasteiger partial charge is 0.377 e. The van der Waals surface area contributed by atoms with Crippen molar-refractivity contribution in [1.29, 1.82) is 0 Å². The molecule has 1 fully saturated rings. The van der Waals surface area contributed by atoms with E-state index in [2.05, 4.69) is 15.5 Å². The third-order valence-corrected chi connectivity index (χ3v) is 6.34. The molecular formula is C20H19N3O2S2. The predicted octanol–water partition coefficient (Wildman–Crippen LogP) is 4.73. The Labute approximate surface area is 166 Å². The van der Waals surface area contributed by atoms with Crippen molar-refractivity contribution in [1.82, 2.24) is 10.2 Å². The summed E-state index contributed by atoms with van der Waals surface area (Å²) in [7, 11) is 0. The molecule has 0 radical (unpaired) electrons. The Morgan fingerprint density at radius 2 is 1.96 bits per heavy atom. The first-order valence-electron chi connectivity index (χ1n) is 8.83. The second kappa shape index (κ2) is 8.65. The number of anilines is 1. The van der Waals surface area contributed by atoms with Crippen molar-refractivity contribution in [2.75, 3.05) is 17.7 Å². The lowest BCUT2D eigenvalue weighted by Crippen LogP contribution is -2.14. The van der Waals surface area contributed by atoms with Crippen LogP contribution in [0.5, 0.6) is 0 Å². The molecule has 138 valence electrons. The topological polar surface area (TPSA) is 64.1 Å². The molecule has 1 saturated heterocycles. The molecule has 1 amide bonds. The van der Waals surface area contributed by atoms with Gasteiger partial charge in [-0.2, -0.15) is 0 Å². The zero-order valence-electron chi connectivity index (χ0n) is 14.6. The van der Waals surface area contributed by atoms with Gasteiger partial charge in [0.15, 0.2) is 0 Å². The van der Waals surface area contributed by atoms with Gasteiger partial charge in [0, 0.05) is 22.8 Å². The van der Waals surface area contributed by atoms with E-state index in [1.807, 2.05) is 54.6 Å². The lowest BCUT2D eigenvalue weighted by molar-refractivity contribution is 0.102. The van der Waals surface area contributed by atoms with Crippen LogP contribution >= 0.6 is 23.1 Å². The zero-order valence-corrected chi connectivity index (χ0v) is 16.3. The Balaban J connectivity index is 1.44. The van der Waals surface area contributed by atoms with Crippen LogP contribution in [0, 0.1) is 0 Å². The van der Waals surface area contributed by atoms with Crippen LogP contribution in [0.4, 0.5) is 5.13 Å². The molecule has 4 rings (SSSR count). The van der Waals surface area contributed by atoms with Crippen molar-refractivity contribution < 1.29 is 9.53 Å². The van der Waals surface area contributed by atoms with Gasteiger partial charge < -0.3 is 4.74 Å². The van der Waals surface area contributed by atoms with E-state index >= 15 is 0 Å². The molecule has 7 heteroatoms. The Bertz CT molecular complexity index is 908. The maximum Gasteiger partial charge on any atom is 0.258 e. The van der Waals surface area contributed by atoms with Gasteiger partial charge in [0.25, 0.3) is 5.91 Å². The van der Waals surface area contributed by atoms with Gasteiger partial charge in [0.2, 0.25) is 5.13 Å². The standard InChI is InChI=1S/C20H19N3O2S2/c24-18(21-20-23-22-19(27-20)14-7-2-1-3-8-14)16-10-4-5-11-17(16)26-13-15-9-6-12-25-15/h1-5,7-8,10-11,15H,6,9,12-13H2,(H,21,23,24). The SMILES string of the molecule is O=C(Nc1nnc(-c2ccccc2)s1)c1ccccc1SCC1CCCO1. The molecular weight excluding hydrogens is 378 g/mol. The highest BCUT2D eigenvalue weighted by Crippen LogP contribution is 2.29. The van der Waals surface area contributed by atoms with Crippen LogP contribution in [0.2, 0.25) is 0 Å². The van der Waals surface area contributed by atoms with E-state index in [9.17, 15) is 4.79 Å². The van der Waals surface area contributed by atoms with Crippen molar-refractivity contribution >= 4 is 34.1 Å². The van der Waals surface area contributed by atoms with Crippen LogP contribution in [0.25, 0.3) is 10.6 Å². The number of nitrogens with one attached hydrogen (secondary N) is 1. The Hall–Kier alpha value is -2.22. The second-order valence-corrected chi connectivity index (χ2v) is 8.21. The summed E-state index contributed by atoms with van der Waals surface area (Å²) in [5, 5.41) is 12.4. The highest BCUT2D eigenvalue weighted by atomic mass is 32.2. The fourth-order valence-corrected chi connectivity index (χ4v) is 4.74. The summed E-state index contributed by atoms with van der Waals surface area (Å²) in [5.74, 6) is 0.697. The second-order valence-electron chi connectivity index (χ2n) is 6.17. The first-order chi connectivity index (χ1) is 13.3. The average molecular weight is 398 g/mol. The number of nitrogens with zero attached hydrogens (tertiary/aromatic N) is 2. The molecule has 0 bridgehead atoms. The number of hydrogen-bond donors (Lipinski definition) is 1. The quantitative estimate of drug-likeness (QED) is 0.609. The van der Waals surface area contributed by atoms with E-state index in [-0.39, 0.29) is 12.0 Å². The number of ether oxygens (including phenoxy) is 1. The van der Waals surface area contributed by atoms with Crippen molar-refractivity contribution in [2.24, 2.45) is 0 Å². The monoisotopic (exact) mass is 397 g/mol. The molecule has 1 aliphatic rings. The van der Waals surface area contributed by atoms with E-state index in [1.54, 1.807) is 11.8 Å². The van der Waals surface area contributed by atoms with E-state index in [0.717, 1.165) is 40.7 Å². The Kier molecular flexibility index (Phi) is 5.81. The molecule has 0 spiro atoms. The smallest absolute Gasteiger partial charge is 0.258 e. The van der Waals surface area contributed by atoms with Crippen LogP contribution in [0.1, 0.15) is 23.2 Å². The molecule has 0 saturated carbocycles. The van der Waals surface area contributed by atoms with Gasteiger partial charge in [-0.25, -0.2) is 0 Å². The van der Waals surface area contributed by atoms with Crippen LogP contribution in [-0.4, -0.2) is 34.6 Å². The molecule has 1 atom stereocenters. The summed E-state index contributed by atoms with van der Waals surface area (Å²) < 4.78 is 5.68. The third kappa shape index (κ3) is 4.55. The van der Waals surface area contributed by atoms with Gasteiger partial charge in [-0.3, -0.25) is 10.1 Å². The van der Waals surface area contributed by atoms with Crippen molar-refractivity contribution in [2.45, 2.75) is 23.8 Å². The van der Waals surface area contributed by atoms with Crippen LogP contribution in [0.3, 0.4) is 0 Å². The average Bonchev–Trinajstić information content (AvgIpc) is 3.39. The van der Waals surface area contributed by atoms with E-state index < -0.39 is 0 Å². The molecule has 5 nitrogen and oxygen atoms in total. The first-order valence-corrected chi connectivity index (χ1v) is 10.6. The maximum absolute atomic E-state index is 12.8. The zero-order chi connectivity index (χ0) is 18.5. The fourth-order valence-electron chi connectivity index (χ4n) is 2.87. The number of benzene rings is 2. The van der Waals surface area contributed by atoms with E-state index in [1.165, 1.54) is 11.3 Å². The van der Waals surface area contributed by atoms with Gasteiger partial charge in [0.05, 0.1) is 11.7 Å². The number of aromatic nitrogens is 2. The Morgan fingerprint density at radius 1 is 1.15 bits per heavy atom. The lowest BCUT2D eigenvalue weighted by atomic mass is 10.2. The molecule has 0 aliphatic carbocycles. The lowest BCUT2D eigenvalue weighted by Gasteiger charge is -2.11. The highest BCUT2D eigenvalue weighted by Gasteiger charge is 2.18. The fraction of sp³-hybridized carbons (Fsp3) is 0.250. The van der Waals surface area contributed by atoms with E-state index in [4.69, 9.17) is 4.74 Å². The summed E-state index contributed by atoms with van der Waals surface area (Å²) in [5.41, 5.74) is 1.64. The van der Waals surface area contributed by atoms with Gasteiger partial charge in [0.1, 0.15) is 5.01 Å². The van der Waals surface area contributed by atoms with Gasteiger partial charge in [-0.1, -0.05) is 53.8 Å². The molecule has 3 aromatic rings. The summed E-state index contributed by atoms with van der Waals surface area (Å²) >= 11 is 3.03. The number of carbonyl (C=O) groups excluding carboxylic acids is 1. The summed E-state index contributed by atoms with van der Waals surface area (Å²) in [6, 6.07) is 17.5. The Morgan fingerprint density at radius 3 is 2.78 bits per heavy atom. The molecule has 1 aliphatic heterocycles. The van der Waals surface area contributed by atoms with Crippen LogP contribution < -0.4 is 5.32 Å². The number of rotatable bonds is 6. The first kappa shape index (κ1) is 18.2. The maximum atomic E-state index is 12.8. The minimum Gasteiger partial charge on any atom is -0.377 e. The molecule has 27 heavy (non-hydrogen) atoms. The van der Waals surface area contributed by atoms with Gasteiger partial charge in [-0.15, -0.1) is 22.0 Å². The molecule has 1 aromatic heterocycles. The molecule has 1 N–H and O–H groups in total. The summed E-state index contributed by atoms with van der Waals surface area (Å²) in [4.78, 5) is 13.7. The van der Waals surface area contributed by atoms with Gasteiger partial charge >= 0.3 is 0 Å².